The molecule has 0 radical (unpaired) electrons. The van der Waals surface area contributed by atoms with E-state index in [2.05, 4.69) is 10.4 Å². The van der Waals surface area contributed by atoms with Crippen molar-refractivity contribution in [3.8, 4) is 0 Å². The number of fused-ring (bicyclic) bond motifs is 1. The first kappa shape index (κ1) is 24.2. The zero-order valence-electron chi connectivity index (χ0n) is 19.2. The zero-order chi connectivity index (χ0) is 24.4. The summed E-state index contributed by atoms with van der Waals surface area (Å²) in [5, 5.41) is 7.19. The van der Waals surface area contributed by atoms with Crippen LogP contribution < -0.4 is 5.32 Å². The number of alkyl carbamates (subject to hydrolysis) is 1. The van der Waals surface area contributed by atoms with Gasteiger partial charge in [0, 0.05) is 11.8 Å². The monoisotopic (exact) mass is 473 g/mol. The lowest BCUT2D eigenvalue weighted by Crippen LogP contribution is -2.45. The molecule has 0 spiro atoms. The molecular weight excluding hydrogens is 446 g/mol. The minimum atomic E-state index is -3.88. The number of esters is 1. The van der Waals surface area contributed by atoms with Crippen molar-refractivity contribution in [2.75, 3.05) is 7.11 Å². The standard InChI is InChI=1S/C23H27N3O6S/c1-15-8-6-7-9-20(15)33(29,30)26-19-11-10-16(12-17(19)14-24-26)13-18(21(27)31-5)25-22(28)32-23(2,3)4/h6-12,14,18H,13H2,1-5H3,(H,25,28). The molecule has 1 aromatic heterocycles. The van der Waals surface area contributed by atoms with Crippen molar-refractivity contribution in [1.29, 1.82) is 0 Å². The average Bonchev–Trinajstić information content (AvgIpc) is 3.15. The van der Waals surface area contributed by atoms with Crippen molar-refractivity contribution in [2.24, 2.45) is 0 Å². The van der Waals surface area contributed by atoms with E-state index in [1.807, 2.05) is 0 Å². The van der Waals surface area contributed by atoms with Gasteiger partial charge in [-0.05, 0) is 57.0 Å². The number of hydrogen-bond donors (Lipinski definition) is 1. The normalized spacial score (nSPS) is 12.9. The van der Waals surface area contributed by atoms with Gasteiger partial charge in [0.15, 0.2) is 0 Å². The second-order valence-corrected chi connectivity index (χ2v) is 10.3. The molecule has 0 aliphatic heterocycles. The SMILES string of the molecule is COC(=O)C(Cc1ccc2c(cnn2S(=O)(=O)c2ccccc2C)c1)NC(=O)OC(C)(C)C. The third-order valence-corrected chi connectivity index (χ3v) is 6.58. The van der Waals surface area contributed by atoms with Gasteiger partial charge < -0.3 is 14.8 Å². The molecule has 176 valence electrons. The number of nitrogens with one attached hydrogen (secondary N) is 1. The molecule has 1 atom stereocenters. The van der Waals surface area contributed by atoms with E-state index in [-0.39, 0.29) is 11.3 Å². The van der Waals surface area contributed by atoms with Crippen LogP contribution in [0.4, 0.5) is 4.79 Å². The molecule has 3 aromatic rings. The topological polar surface area (TPSA) is 117 Å². The van der Waals surface area contributed by atoms with Gasteiger partial charge >= 0.3 is 12.1 Å². The van der Waals surface area contributed by atoms with Crippen LogP contribution in [0.3, 0.4) is 0 Å². The third-order valence-electron chi connectivity index (χ3n) is 4.82. The van der Waals surface area contributed by atoms with Crippen molar-refractivity contribution in [2.45, 2.75) is 50.7 Å². The molecule has 1 unspecified atom stereocenters. The van der Waals surface area contributed by atoms with Gasteiger partial charge in [-0.1, -0.05) is 24.3 Å². The number of rotatable bonds is 6. The van der Waals surface area contributed by atoms with Crippen LogP contribution in [0.15, 0.2) is 53.6 Å². The van der Waals surface area contributed by atoms with Gasteiger partial charge in [0.1, 0.15) is 11.6 Å². The minimum Gasteiger partial charge on any atom is -0.467 e. The maximum Gasteiger partial charge on any atom is 0.408 e. The van der Waals surface area contributed by atoms with Gasteiger partial charge in [-0.15, -0.1) is 0 Å². The Morgan fingerprint density at radius 3 is 2.48 bits per heavy atom. The average molecular weight is 474 g/mol. The van der Waals surface area contributed by atoms with Crippen LogP contribution in [-0.4, -0.2) is 48.4 Å². The summed E-state index contributed by atoms with van der Waals surface area (Å²) in [5.41, 5.74) is 0.978. The summed E-state index contributed by atoms with van der Waals surface area (Å²) >= 11 is 0. The van der Waals surface area contributed by atoms with Crippen LogP contribution in [0, 0.1) is 6.92 Å². The zero-order valence-corrected chi connectivity index (χ0v) is 20.0. The summed E-state index contributed by atoms with van der Waals surface area (Å²) in [6.45, 7) is 6.88. The molecule has 33 heavy (non-hydrogen) atoms. The van der Waals surface area contributed by atoms with E-state index in [1.165, 1.54) is 19.4 Å². The number of nitrogens with zero attached hydrogens (tertiary/aromatic N) is 2. The Morgan fingerprint density at radius 2 is 1.85 bits per heavy atom. The van der Waals surface area contributed by atoms with E-state index in [4.69, 9.17) is 9.47 Å². The van der Waals surface area contributed by atoms with Crippen molar-refractivity contribution >= 4 is 33.0 Å². The Morgan fingerprint density at radius 1 is 1.15 bits per heavy atom. The smallest absolute Gasteiger partial charge is 0.408 e. The first-order valence-corrected chi connectivity index (χ1v) is 11.7. The number of carbonyl (C=O) groups excluding carboxylic acids is 2. The number of aromatic nitrogens is 2. The lowest BCUT2D eigenvalue weighted by Gasteiger charge is -2.22. The van der Waals surface area contributed by atoms with E-state index in [0.29, 0.717) is 22.0 Å². The molecular formula is C23H27N3O6S. The summed E-state index contributed by atoms with van der Waals surface area (Å²) in [5.74, 6) is -0.626. The molecule has 3 rings (SSSR count). The number of amides is 1. The second kappa shape index (κ2) is 9.22. The summed E-state index contributed by atoms with van der Waals surface area (Å²) < 4.78 is 37.3. The van der Waals surface area contributed by atoms with Gasteiger partial charge in [0.05, 0.1) is 23.7 Å². The first-order valence-electron chi connectivity index (χ1n) is 10.3. The van der Waals surface area contributed by atoms with Crippen molar-refractivity contribution in [3.05, 3.63) is 59.8 Å². The van der Waals surface area contributed by atoms with Crippen LogP contribution in [0.2, 0.25) is 0 Å². The fourth-order valence-corrected chi connectivity index (χ4v) is 4.85. The Hall–Kier alpha value is -3.40. The van der Waals surface area contributed by atoms with Gasteiger partial charge in [-0.3, -0.25) is 0 Å². The minimum absolute atomic E-state index is 0.123. The van der Waals surface area contributed by atoms with Crippen LogP contribution in [0.5, 0.6) is 0 Å². The molecule has 1 heterocycles. The van der Waals surface area contributed by atoms with Crippen LogP contribution in [-0.2, 0) is 30.7 Å². The molecule has 1 amide bonds. The molecule has 0 aliphatic rings. The predicted octanol–water partition coefficient (Wildman–Crippen LogP) is 3.19. The number of methoxy groups -OCH3 is 1. The van der Waals surface area contributed by atoms with Gasteiger partial charge in [0.25, 0.3) is 10.0 Å². The largest absolute Gasteiger partial charge is 0.467 e. The molecule has 9 nitrogen and oxygen atoms in total. The van der Waals surface area contributed by atoms with E-state index in [0.717, 1.165) is 4.09 Å². The van der Waals surface area contributed by atoms with E-state index < -0.39 is 33.7 Å². The van der Waals surface area contributed by atoms with Crippen LogP contribution in [0.25, 0.3) is 10.9 Å². The summed E-state index contributed by atoms with van der Waals surface area (Å²) in [6, 6.07) is 10.7. The maximum atomic E-state index is 13.1. The number of ether oxygens (including phenoxy) is 2. The Balaban J connectivity index is 1.89. The van der Waals surface area contributed by atoms with Crippen molar-refractivity contribution < 1.29 is 27.5 Å². The molecule has 1 N–H and O–H groups in total. The molecule has 0 aliphatic carbocycles. The number of carbonyl (C=O) groups is 2. The fraction of sp³-hybridized carbons (Fsp3) is 0.348. The van der Waals surface area contributed by atoms with Crippen molar-refractivity contribution in [1.82, 2.24) is 14.5 Å². The first-order chi connectivity index (χ1) is 15.4. The van der Waals surface area contributed by atoms with Crippen LogP contribution in [0.1, 0.15) is 31.9 Å². The summed E-state index contributed by atoms with van der Waals surface area (Å²) in [7, 11) is -2.65. The highest BCUT2D eigenvalue weighted by Crippen LogP contribution is 2.24. The van der Waals surface area contributed by atoms with Crippen molar-refractivity contribution in [3.63, 3.8) is 0 Å². The lowest BCUT2D eigenvalue weighted by molar-refractivity contribution is -0.143. The number of benzene rings is 2. The second-order valence-electron chi connectivity index (χ2n) is 8.58. The number of aryl methyl sites for hydroxylation is 1. The highest BCUT2D eigenvalue weighted by Gasteiger charge is 2.26. The van der Waals surface area contributed by atoms with E-state index in [9.17, 15) is 18.0 Å². The van der Waals surface area contributed by atoms with Gasteiger partial charge in [-0.2, -0.15) is 17.6 Å². The Labute approximate surface area is 192 Å². The predicted molar refractivity (Wildman–Crippen MR) is 122 cm³/mol. The molecule has 2 aromatic carbocycles. The highest BCUT2D eigenvalue weighted by molar-refractivity contribution is 7.90. The Kier molecular flexibility index (Phi) is 6.78. The molecule has 0 saturated carbocycles. The molecule has 0 fully saturated rings. The number of hydrogen-bond acceptors (Lipinski definition) is 7. The maximum absolute atomic E-state index is 13.1. The quantitative estimate of drug-likeness (QED) is 0.547. The Bertz CT molecular complexity index is 1290. The van der Waals surface area contributed by atoms with E-state index in [1.54, 1.807) is 64.1 Å². The third kappa shape index (κ3) is 5.51. The highest BCUT2D eigenvalue weighted by atomic mass is 32.2. The fourth-order valence-electron chi connectivity index (χ4n) is 3.34. The summed E-state index contributed by atoms with van der Waals surface area (Å²) in [6.07, 6.45) is 0.830. The van der Waals surface area contributed by atoms with Gasteiger partial charge in [-0.25, -0.2) is 9.59 Å². The van der Waals surface area contributed by atoms with Crippen LogP contribution >= 0.6 is 0 Å². The lowest BCUT2D eigenvalue weighted by atomic mass is 10.0. The summed E-state index contributed by atoms with van der Waals surface area (Å²) in [4.78, 5) is 24.5. The van der Waals surface area contributed by atoms with E-state index >= 15 is 0 Å². The van der Waals surface area contributed by atoms with Gasteiger partial charge in [0.2, 0.25) is 0 Å². The molecule has 0 bridgehead atoms. The molecule has 0 saturated heterocycles. The molecule has 10 heteroatoms.